The van der Waals surface area contributed by atoms with E-state index in [-0.39, 0.29) is 11.9 Å². The van der Waals surface area contributed by atoms with Gasteiger partial charge in [-0.3, -0.25) is 4.79 Å². The Kier molecular flexibility index (Phi) is 6.45. The van der Waals surface area contributed by atoms with Crippen molar-refractivity contribution in [3.8, 4) is 0 Å². The number of nitrogens with one attached hydrogen (secondary N) is 1. The van der Waals surface area contributed by atoms with Crippen LogP contribution in [-0.2, 0) is 14.3 Å². The largest absolute Gasteiger partial charge is 0.464 e. The predicted molar refractivity (Wildman–Crippen MR) is 53.7 cm³/mol. The molecule has 0 saturated carbocycles. The van der Waals surface area contributed by atoms with Gasteiger partial charge in [-0.15, -0.1) is 0 Å². The summed E-state index contributed by atoms with van der Waals surface area (Å²) in [6.07, 6.45) is 4.11. The first-order valence-electron chi connectivity index (χ1n) is 4.66. The minimum absolute atomic E-state index is 0.229. The van der Waals surface area contributed by atoms with Crippen molar-refractivity contribution in [2.24, 2.45) is 0 Å². The summed E-state index contributed by atoms with van der Waals surface area (Å²) in [5.41, 5.74) is 0. The van der Waals surface area contributed by atoms with Crippen LogP contribution in [0.2, 0.25) is 0 Å². The Labute approximate surface area is 84.3 Å². The number of hydrogen-bond donors (Lipinski definition) is 1. The van der Waals surface area contributed by atoms with E-state index in [0.717, 1.165) is 0 Å². The number of ether oxygens (including phenoxy) is 1. The molecule has 4 nitrogen and oxygen atoms in total. The summed E-state index contributed by atoms with van der Waals surface area (Å²) in [4.78, 5) is 22.1. The Morgan fingerprint density at radius 2 is 2.14 bits per heavy atom. The molecule has 0 saturated heterocycles. The predicted octanol–water partition coefficient (Wildman–Crippen LogP) is 1.02. The van der Waals surface area contributed by atoms with Crippen LogP contribution in [0, 0.1) is 0 Å². The SMILES string of the molecule is C/C=C\C[C@H](NC(C)=O)C(=O)OCC. The molecule has 14 heavy (non-hydrogen) atoms. The third-order valence-corrected chi connectivity index (χ3v) is 1.56. The van der Waals surface area contributed by atoms with Crippen molar-refractivity contribution >= 4 is 11.9 Å². The van der Waals surface area contributed by atoms with Crippen molar-refractivity contribution in [3.05, 3.63) is 12.2 Å². The molecule has 0 rings (SSSR count). The van der Waals surface area contributed by atoms with Gasteiger partial charge >= 0.3 is 5.97 Å². The van der Waals surface area contributed by atoms with Crippen molar-refractivity contribution in [2.75, 3.05) is 6.61 Å². The van der Waals surface area contributed by atoms with E-state index in [0.29, 0.717) is 13.0 Å². The fraction of sp³-hybridized carbons (Fsp3) is 0.600. The Balaban J connectivity index is 4.21. The minimum Gasteiger partial charge on any atom is -0.464 e. The summed E-state index contributed by atoms with van der Waals surface area (Å²) < 4.78 is 4.81. The maximum Gasteiger partial charge on any atom is 0.328 e. The topological polar surface area (TPSA) is 55.4 Å². The van der Waals surface area contributed by atoms with Gasteiger partial charge in [-0.05, 0) is 20.3 Å². The molecule has 0 bridgehead atoms. The zero-order chi connectivity index (χ0) is 11.0. The average Bonchev–Trinajstić information content (AvgIpc) is 2.12. The molecule has 0 aliphatic carbocycles. The normalized spacial score (nSPS) is 12.5. The van der Waals surface area contributed by atoms with Gasteiger partial charge in [0, 0.05) is 6.92 Å². The van der Waals surface area contributed by atoms with E-state index in [9.17, 15) is 9.59 Å². The molecule has 0 aromatic carbocycles. The molecule has 1 N–H and O–H groups in total. The smallest absolute Gasteiger partial charge is 0.328 e. The van der Waals surface area contributed by atoms with Crippen LogP contribution < -0.4 is 5.32 Å². The summed E-state index contributed by atoms with van der Waals surface area (Å²) in [5.74, 6) is -0.617. The molecule has 0 fully saturated rings. The van der Waals surface area contributed by atoms with Gasteiger partial charge in [-0.1, -0.05) is 12.2 Å². The number of rotatable bonds is 5. The third kappa shape index (κ3) is 5.35. The monoisotopic (exact) mass is 199 g/mol. The van der Waals surface area contributed by atoms with Gasteiger partial charge in [-0.25, -0.2) is 4.79 Å². The van der Waals surface area contributed by atoms with Crippen molar-refractivity contribution in [3.63, 3.8) is 0 Å². The van der Waals surface area contributed by atoms with Crippen LogP contribution >= 0.6 is 0 Å². The molecule has 0 radical (unpaired) electrons. The van der Waals surface area contributed by atoms with Gasteiger partial charge in [-0.2, -0.15) is 0 Å². The summed E-state index contributed by atoms with van der Waals surface area (Å²) in [5, 5.41) is 2.53. The van der Waals surface area contributed by atoms with Gasteiger partial charge < -0.3 is 10.1 Å². The molecular formula is C10H17NO3. The molecule has 0 heterocycles. The minimum atomic E-state index is -0.566. The Bertz CT molecular complexity index is 223. The molecule has 0 aliphatic heterocycles. The number of allylic oxidation sites excluding steroid dienone is 1. The molecule has 0 spiro atoms. The molecule has 1 atom stereocenters. The van der Waals surface area contributed by atoms with Gasteiger partial charge in [0.15, 0.2) is 0 Å². The standard InChI is InChI=1S/C10H17NO3/c1-4-6-7-9(11-8(3)12)10(13)14-5-2/h4,6,9H,5,7H2,1-3H3,(H,11,12)/b6-4-/t9-/m0/s1. The Hall–Kier alpha value is -1.32. The van der Waals surface area contributed by atoms with E-state index in [2.05, 4.69) is 5.32 Å². The van der Waals surface area contributed by atoms with E-state index < -0.39 is 6.04 Å². The lowest BCUT2D eigenvalue weighted by molar-refractivity contribution is -0.147. The molecule has 80 valence electrons. The van der Waals surface area contributed by atoms with Crippen LogP contribution in [0.25, 0.3) is 0 Å². The summed E-state index contributed by atoms with van der Waals surface area (Å²) in [7, 11) is 0. The van der Waals surface area contributed by atoms with E-state index in [4.69, 9.17) is 4.74 Å². The van der Waals surface area contributed by atoms with Crippen LogP contribution in [0.5, 0.6) is 0 Å². The fourth-order valence-corrected chi connectivity index (χ4v) is 0.974. The van der Waals surface area contributed by atoms with Crippen molar-refractivity contribution in [2.45, 2.75) is 33.2 Å². The van der Waals surface area contributed by atoms with Crippen LogP contribution in [0.1, 0.15) is 27.2 Å². The van der Waals surface area contributed by atoms with Gasteiger partial charge in [0.1, 0.15) is 6.04 Å². The van der Waals surface area contributed by atoms with E-state index in [1.54, 1.807) is 6.92 Å². The van der Waals surface area contributed by atoms with Crippen molar-refractivity contribution in [1.82, 2.24) is 5.32 Å². The van der Waals surface area contributed by atoms with Gasteiger partial charge in [0.05, 0.1) is 6.61 Å². The number of esters is 1. The van der Waals surface area contributed by atoms with Gasteiger partial charge in [0.2, 0.25) is 5.91 Å². The maximum atomic E-state index is 11.3. The second-order valence-electron chi connectivity index (χ2n) is 2.81. The number of carbonyl (C=O) groups is 2. The van der Waals surface area contributed by atoms with Gasteiger partial charge in [0.25, 0.3) is 0 Å². The molecule has 0 aromatic heterocycles. The van der Waals surface area contributed by atoms with E-state index in [1.807, 2.05) is 19.1 Å². The highest BCUT2D eigenvalue weighted by Gasteiger charge is 2.18. The van der Waals surface area contributed by atoms with Crippen molar-refractivity contribution in [1.29, 1.82) is 0 Å². The highest BCUT2D eigenvalue weighted by Crippen LogP contribution is 1.97. The lowest BCUT2D eigenvalue weighted by Crippen LogP contribution is -2.40. The Morgan fingerprint density at radius 1 is 1.50 bits per heavy atom. The first kappa shape index (κ1) is 12.7. The van der Waals surface area contributed by atoms with E-state index in [1.165, 1.54) is 6.92 Å². The van der Waals surface area contributed by atoms with Crippen molar-refractivity contribution < 1.29 is 14.3 Å². The van der Waals surface area contributed by atoms with Crippen LogP contribution in [0.15, 0.2) is 12.2 Å². The number of carbonyl (C=O) groups excluding carboxylic acids is 2. The highest BCUT2D eigenvalue weighted by atomic mass is 16.5. The molecule has 1 amide bonds. The first-order valence-corrected chi connectivity index (χ1v) is 4.66. The molecule has 0 unspecified atom stereocenters. The molecule has 4 heteroatoms. The lowest BCUT2D eigenvalue weighted by Gasteiger charge is -2.14. The number of hydrogen-bond acceptors (Lipinski definition) is 3. The zero-order valence-electron chi connectivity index (χ0n) is 8.87. The van der Waals surface area contributed by atoms with Crippen LogP contribution in [-0.4, -0.2) is 24.5 Å². The maximum absolute atomic E-state index is 11.3. The second-order valence-corrected chi connectivity index (χ2v) is 2.81. The number of amides is 1. The zero-order valence-corrected chi connectivity index (χ0v) is 8.87. The Morgan fingerprint density at radius 3 is 2.57 bits per heavy atom. The third-order valence-electron chi connectivity index (χ3n) is 1.56. The van der Waals surface area contributed by atoms with E-state index >= 15 is 0 Å². The summed E-state index contributed by atoms with van der Waals surface area (Å²) in [6.45, 7) is 5.29. The van der Waals surface area contributed by atoms with Crippen LogP contribution in [0.4, 0.5) is 0 Å². The second kappa shape index (κ2) is 7.12. The van der Waals surface area contributed by atoms with Crippen LogP contribution in [0.3, 0.4) is 0 Å². The first-order chi connectivity index (χ1) is 6.61. The highest BCUT2D eigenvalue weighted by molar-refractivity contribution is 5.83. The average molecular weight is 199 g/mol. The molecule has 0 aliphatic rings. The summed E-state index contributed by atoms with van der Waals surface area (Å²) in [6, 6.07) is -0.566. The lowest BCUT2D eigenvalue weighted by atomic mass is 10.2. The summed E-state index contributed by atoms with van der Waals surface area (Å²) >= 11 is 0. The molecular weight excluding hydrogens is 182 g/mol. The fourth-order valence-electron chi connectivity index (χ4n) is 0.974. The quantitative estimate of drug-likeness (QED) is 0.531. The molecule has 0 aromatic rings.